The molecule has 2 heterocycles. The smallest absolute Gasteiger partial charge is 0.237 e. The molecular formula is C23H35N3O5S. The van der Waals surface area contributed by atoms with Gasteiger partial charge in [0.25, 0.3) is 0 Å². The molecule has 2 amide bonds. The maximum atomic E-state index is 13.6. The molecule has 0 radical (unpaired) electrons. The van der Waals surface area contributed by atoms with Gasteiger partial charge in [-0.1, -0.05) is 24.6 Å². The van der Waals surface area contributed by atoms with Crippen LogP contribution in [0.5, 0.6) is 5.75 Å². The summed E-state index contributed by atoms with van der Waals surface area (Å²) in [6.07, 6.45) is 5.86. The van der Waals surface area contributed by atoms with E-state index in [0.29, 0.717) is 45.6 Å². The van der Waals surface area contributed by atoms with E-state index in [-0.39, 0.29) is 18.4 Å². The van der Waals surface area contributed by atoms with Gasteiger partial charge in [0.15, 0.2) is 0 Å². The lowest BCUT2D eigenvalue weighted by atomic mass is 9.73. The normalized spacial score (nSPS) is 20.1. The first-order valence-electron chi connectivity index (χ1n) is 11.5. The monoisotopic (exact) mass is 465 g/mol. The highest BCUT2D eigenvalue weighted by atomic mass is 32.2. The van der Waals surface area contributed by atoms with E-state index >= 15 is 0 Å². The molecule has 1 N–H and O–H groups in total. The molecule has 178 valence electrons. The number of hydrogen-bond acceptors (Lipinski definition) is 5. The Balaban J connectivity index is 1.70. The topological polar surface area (TPSA) is 96.0 Å². The third-order valence-electron chi connectivity index (χ3n) is 6.62. The minimum atomic E-state index is -3.42. The van der Waals surface area contributed by atoms with Crippen molar-refractivity contribution in [3.63, 3.8) is 0 Å². The van der Waals surface area contributed by atoms with E-state index in [0.717, 1.165) is 37.7 Å². The van der Waals surface area contributed by atoms with Gasteiger partial charge in [-0.05, 0) is 50.7 Å². The van der Waals surface area contributed by atoms with Crippen LogP contribution in [0, 0.1) is 5.41 Å². The first-order valence-corrected chi connectivity index (χ1v) is 13.4. The molecule has 1 aromatic rings. The molecule has 2 aliphatic rings. The number of hydrogen-bond donors (Lipinski definition) is 1. The van der Waals surface area contributed by atoms with Crippen molar-refractivity contribution in [3.05, 3.63) is 29.8 Å². The van der Waals surface area contributed by atoms with Crippen LogP contribution in [0.4, 0.5) is 0 Å². The summed E-state index contributed by atoms with van der Waals surface area (Å²) in [5, 5.41) is 0. The maximum Gasteiger partial charge on any atom is 0.237 e. The summed E-state index contributed by atoms with van der Waals surface area (Å²) in [7, 11) is -3.42. The van der Waals surface area contributed by atoms with Crippen molar-refractivity contribution in [1.29, 1.82) is 0 Å². The van der Waals surface area contributed by atoms with E-state index in [2.05, 4.69) is 10.8 Å². The third kappa shape index (κ3) is 6.22. The van der Waals surface area contributed by atoms with Crippen LogP contribution in [0.3, 0.4) is 0 Å². The van der Waals surface area contributed by atoms with Crippen LogP contribution in [0.1, 0.15) is 44.6 Å². The SMILES string of the molecule is CCN1CCOc2ccccc2CCCCC2(CCN(C(=O)CNS(C)(=O)=O)CC2)C1=O. The van der Waals surface area contributed by atoms with Crippen LogP contribution < -0.4 is 9.46 Å². The molecule has 9 heteroatoms. The molecule has 1 fully saturated rings. The third-order valence-corrected chi connectivity index (χ3v) is 7.29. The molecule has 0 unspecified atom stereocenters. The fourth-order valence-corrected chi connectivity index (χ4v) is 5.08. The molecule has 32 heavy (non-hydrogen) atoms. The summed E-state index contributed by atoms with van der Waals surface area (Å²) in [6.45, 7) is 4.28. The number of carbonyl (C=O) groups is 2. The number of ether oxygens (including phenoxy) is 1. The number of rotatable bonds is 4. The van der Waals surface area contributed by atoms with E-state index in [4.69, 9.17) is 4.74 Å². The van der Waals surface area contributed by atoms with Crippen molar-refractivity contribution in [2.75, 3.05) is 45.6 Å². The van der Waals surface area contributed by atoms with Crippen molar-refractivity contribution in [1.82, 2.24) is 14.5 Å². The maximum absolute atomic E-state index is 13.6. The standard InChI is InChI=1S/C23H35N3O5S/c1-3-25-16-17-31-20-10-5-4-8-19(20)9-6-7-11-23(22(25)28)12-14-26(15-13-23)21(27)18-24-32(2,29)30/h4-5,8,10,24H,3,6-7,9,11-18H2,1-2H3. The number of nitrogens with zero attached hydrogens (tertiary/aromatic N) is 2. The van der Waals surface area contributed by atoms with Crippen LogP contribution in [0.25, 0.3) is 0 Å². The molecular weight excluding hydrogens is 430 g/mol. The molecule has 1 aromatic carbocycles. The van der Waals surface area contributed by atoms with Crippen molar-refractivity contribution in [2.24, 2.45) is 5.41 Å². The van der Waals surface area contributed by atoms with Crippen molar-refractivity contribution >= 4 is 21.8 Å². The van der Waals surface area contributed by atoms with Gasteiger partial charge in [-0.25, -0.2) is 13.1 Å². The van der Waals surface area contributed by atoms with Crippen LogP contribution in [0.15, 0.2) is 24.3 Å². The second-order valence-corrected chi connectivity index (χ2v) is 10.6. The molecule has 3 rings (SSSR count). The summed E-state index contributed by atoms with van der Waals surface area (Å²) in [6, 6.07) is 8.10. The Kier molecular flexibility index (Phi) is 8.16. The largest absolute Gasteiger partial charge is 0.491 e. The summed E-state index contributed by atoms with van der Waals surface area (Å²) in [4.78, 5) is 29.6. The molecule has 0 saturated carbocycles. The molecule has 0 aliphatic carbocycles. The number of likely N-dealkylation sites (N-methyl/N-ethyl adjacent to an activating group) is 1. The Morgan fingerprint density at radius 2 is 1.84 bits per heavy atom. The van der Waals surface area contributed by atoms with E-state index < -0.39 is 15.4 Å². The van der Waals surface area contributed by atoms with Crippen molar-refractivity contribution in [2.45, 2.75) is 45.4 Å². The average molecular weight is 466 g/mol. The van der Waals surface area contributed by atoms with Gasteiger partial charge in [0, 0.05) is 19.6 Å². The van der Waals surface area contributed by atoms with Crippen LogP contribution >= 0.6 is 0 Å². The summed E-state index contributed by atoms with van der Waals surface area (Å²) >= 11 is 0. The van der Waals surface area contributed by atoms with Crippen LogP contribution in [0.2, 0.25) is 0 Å². The number of carbonyl (C=O) groups excluding carboxylic acids is 2. The predicted molar refractivity (Wildman–Crippen MR) is 123 cm³/mol. The first kappa shape index (κ1) is 24.5. The van der Waals surface area contributed by atoms with Gasteiger partial charge in [-0.2, -0.15) is 0 Å². The minimum Gasteiger partial charge on any atom is -0.491 e. The van der Waals surface area contributed by atoms with Gasteiger partial charge in [0.1, 0.15) is 12.4 Å². The zero-order chi connectivity index (χ0) is 23.2. The zero-order valence-electron chi connectivity index (χ0n) is 19.1. The lowest BCUT2D eigenvalue weighted by Gasteiger charge is -2.43. The second kappa shape index (κ2) is 10.7. The molecule has 0 atom stereocenters. The Labute approximate surface area is 191 Å². The van der Waals surface area contributed by atoms with E-state index in [1.807, 2.05) is 30.0 Å². The molecule has 1 saturated heterocycles. The number of amides is 2. The molecule has 2 aliphatic heterocycles. The van der Waals surface area contributed by atoms with Gasteiger partial charge in [0.2, 0.25) is 21.8 Å². The first-order chi connectivity index (χ1) is 15.2. The van der Waals surface area contributed by atoms with Gasteiger partial charge in [-0.15, -0.1) is 0 Å². The number of sulfonamides is 1. The zero-order valence-corrected chi connectivity index (χ0v) is 20.0. The highest BCUT2D eigenvalue weighted by molar-refractivity contribution is 7.88. The van der Waals surface area contributed by atoms with Gasteiger partial charge < -0.3 is 14.5 Å². The Hall–Kier alpha value is -2.13. The lowest BCUT2D eigenvalue weighted by molar-refractivity contribution is -0.149. The number of para-hydroxylation sites is 1. The van der Waals surface area contributed by atoms with E-state index in [1.54, 1.807) is 4.90 Å². The predicted octanol–water partition coefficient (Wildman–Crippen LogP) is 1.80. The van der Waals surface area contributed by atoms with E-state index in [1.165, 1.54) is 5.56 Å². The minimum absolute atomic E-state index is 0.152. The molecule has 1 spiro atoms. The number of benzene rings is 1. The van der Waals surface area contributed by atoms with E-state index in [9.17, 15) is 18.0 Å². The lowest BCUT2D eigenvalue weighted by Crippen LogP contribution is -2.53. The summed E-state index contributed by atoms with van der Waals surface area (Å²) in [5.41, 5.74) is 0.728. The van der Waals surface area contributed by atoms with Crippen LogP contribution in [-0.4, -0.2) is 75.6 Å². The van der Waals surface area contributed by atoms with Gasteiger partial charge in [0.05, 0.1) is 24.8 Å². The summed E-state index contributed by atoms with van der Waals surface area (Å²) in [5.74, 6) is 0.808. The Bertz CT molecular complexity index is 910. The average Bonchev–Trinajstić information content (AvgIpc) is 2.77. The molecule has 0 aromatic heterocycles. The summed E-state index contributed by atoms with van der Waals surface area (Å²) < 4.78 is 30.9. The number of likely N-dealkylation sites (tertiary alicyclic amines) is 1. The number of piperidine rings is 1. The van der Waals surface area contributed by atoms with Gasteiger partial charge >= 0.3 is 0 Å². The fraction of sp³-hybridized carbons (Fsp3) is 0.652. The second-order valence-electron chi connectivity index (χ2n) is 8.80. The Morgan fingerprint density at radius 3 is 2.53 bits per heavy atom. The Morgan fingerprint density at radius 1 is 1.12 bits per heavy atom. The fourth-order valence-electron chi connectivity index (χ4n) is 4.69. The molecule has 0 bridgehead atoms. The number of fused-ring (bicyclic) bond motifs is 1. The van der Waals surface area contributed by atoms with Crippen molar-refractivity contribution < 1.29 is 22.7 Å². The van der Waals surface area contributed by atoms with Gasteiger partial charge in [-0.3, -0.25) is 9.59 Å². The van der Waals surface area contributed by atoms with Crippen LogP contribution in [-0.2, 0) is 26.0 Å². The quantitative estimate of drug-likeness (QED) is 0.732. The van der Waals surface area contributed by atoms with Crippen molar-refractivity contribution in [3.8, 4) is 5.75 Å². The highest BCUT2D eigenvalue weighted by Crippen LogP contribution is 2.39. The number of nitrogens with one attached hydrogen (secondary N) is 1. The molecule has 8 nitrogen and oxygen atoms in total. The number of aryl methyl sites for hydroxylation is 1. The highest BCUT2D eigenvalue weighted by Gasteiger charge is 2.43.